The first-order chi connectivity index (χ1) is 8.45. The lowest BCUT2D eigenvalue weighted by atomic mass is 10.2. The number of amides is 1. The molecule has 6 heteroatoms. The van der Waals surface area contributed by atoms with Crippen LogP contribution in [0.4, 0.5) is 4.79 Å². The van der Waals surface area contributed by atoms with E-state index >= 15 is 0 Å². The fourth-order valence-corrected chi connectivity index (χ4v) is 1.93. The summed E-state index contributed by atoms with van der Waals surface area (Å²) >= 11 is 0. The van der Waals surface area contributed by atoms with E-state index in [-0.39, 0.29) is 11.5 Å². The Morgan fingerprint density at radius 2 is 2.18 bits per heavy atom. The van der Waals surface area contributed by atoms with Crippen LogP contribution in [0, 0.1) is 6.92 Å². The average Bonchev–Trinajstić information content (AvgIpc) is 2.29. The number of nitrogens with one attached hydrogen (secondary N) is 1. The van der Waals surface area contributed by atoms with E-state index in [0.717, 1.165) is 12.1 Å². The highest BCUT2D eigenvalue weighted by molar-refractivity contribution is 7.90. The topological polar surface area (TPSA) is 72.5 Å². The van der Waals surface area contributed by atoms with Gasteiger partial charge in [-0.25, -0.2) is 17.9 Å². The quantitative estimate of drug-likeness (QED) is 0.830. The van der Waals surface area contributed by atoms with Crippen LogP contribution in [-0.2, 0) is 14.8 Å². The summed E-state index contributed by atoms with van der Waals surface area (Å²) < 4.78 is 36.4. The first-order valence-electron chi connectivity index (χ1n) is 5.33. The van der Waals surface area contributed by atoms with E-state index in [1.807, 2.05) is 6.92 Å². The second-order valence-electron chi connectivity index (χ2n) is 3.25. The molecule has 0 aliphatic rings. The molecule has 0 spiro atoms. The van der Waals surface area contributed by atoms with E-state index < -0.39 is 16.1 Å². The molecule has 1 N–H and O–H groups in total. The van der Waals surface area contributed by atoms with Gasteiger partial charge in [0.2, 0.25) is 0 Å². The molecule has 0 saturated heterocycles. The number of sulfonamides is 1. The van der Waals surface area contributed by atoms with Crippen molar-refractivity contribution in [3.63, 3.8) is 0 Å². The summed E-state index contributed by atoms with van der Waals surface area (Å²) in [5, 5.41) is 0. The Hall–Kier alpha value is -1.82. The zero-order chi connectivity index (χ0) is 13.6. The van der Waals surface area contributed by atoms with E-state index in [2.05, 4.69) is 4.74 Å². The molecule has 0 saturated carbocycles. The molecule has 0 aliphatic heterocycles. The molecule has 92 valence electrons. The maximum atomic E-state index is 11.7. The molecule has 0 unspecified atom stereocenters. The molecule has 17 heavy (non-hydrogen) atoms. The molecule has 0 aromatic heterocycles. The minimum atomic E-state index is -3.91. The molecule has 0 bridgehead atoms. The van der Waals surface area contributed by atoms with Gasteiger partial charge in [-0.05, 0) is 19.1 Å². The molecule has 5 nitrogen and oxygen atoms in total. The minimum Gasteiger partial charge on any atom is -0.445 e. The molecule has 1 aromatic carbocycles. The Morgan fingerprint density at radius 1 is 1.53 bits per heavy atom. The molecular weight excluding hydrogens is 242 g/mol. The molecule has 0 radical (unpaired) electrons. The standard InChI is InChI=1S/C11H13NO4S/c1-3-8-16-11(13)12-17(14,15)10-6-4-9(2)5-7-10/h3-7H,1,8H2,2H3,(H,12,13)/i1D. The van der Waals surface area contributed by atoms with Crippen molar-refractivity contribution in [1.29, 1.82) is 0 Å². The number of hydrogen-bond acceptors (Lipinski definition) is 4. The van der Waals surface area contributed by atoms with Crippen LogP contribution in [0.5, 0.6) is 0 Å². The van der Waals surface area contributed by atoms with Gasteiger partial charge in [-0.2, -0.15) is 0 Å². The Bertz CT molecular complexity index is 537. The zero-order valence-electron chi connectivity index (χ0n) is 10.2. The summed E-state index contributed by atoms with van der Waals surface area (Å²) in [6, 6.07) is 6.05. The molecule has 1 amide bonds. The fourth-order valence-electron chi connectivity index (χ4n) is 1.04. The van der Waals surface area contributed by atoms with Crippen molar-refractivity contribution in [3.8, 4) is 0 Å². The van der Waals surface area contributed by atoms with Gasteiger partial charge in [-0.3, -0.25) is 0 Å². The molecule has 0 aliphatic carbocycles. The van der Waals surface area contributed by atoms with Crippen molar-refractivity contribution in [1.82, 2.24) is 4.72 Å². The number of benzene rings is 1. The zero-order valence-corrected chi connectivity index (χ0v) is 10.0. The van der Waals surface area contributed by atoms with Crippen LogP contribution in [0.25, 0.3) is 0 Å². The summed E-state index contributed by atoms with van der Waals surface area (Å²) in [5.41, 5.74) is 0.914. The summed E-state index contributed by atoms with van der Waals surface area (Å²) in [5.74, 6) is 0. The SMILES string of the molecule is [2H]C=CCOC(=O)NS(=O)(=O)c1ccc(C)cc1. The lowest BCUT2D eigenvalue weighted by Gasteiger charge is -2.06. The third kappa shape index (κ3) is 3.92. The molecule has 0 atom stereocenters. The highest BCUT2D eigenvalue weighted by Crippen LogP contribution is 2.09. The first kappa shape index (κ1) is 11.7. The lowest BCUT2D eigenvalue weighted by Crippen LogP contribution is -2.31. The predicted molar refractivity (Wildman–Crippen MR) is 63.0 cm³/mol. The van der Waals surface area contributed by atoms with Gasteiger partial charge in [-0.15, -0.1) is 0 Å². The maximum absolute atomic E-state index is 11.7. The van der Waals surface area contributed by atoms with Gasteiger partial charge in [0.25, 0.3) is 10.0 Å². The molecule has 0 heterocycles. The monoisotopic (exact) mass is 256 g/mol. The van der Waals surface area contributed by atoms with Crippen LogP contribution in [0.3, 0.4) is 0 Å². The summed E-state index contributed by atoms with van der Waals surface area (Å²) in [6.07, 6.45) is 0.187. The van der Waals surface area contributed by atoms with Crippen molar-refractivity contribution < 1.29 is 19.3 Å². The Morgan fingerprint density at radius 3 is 2.76 bits per heavy atom. The van der Waals surface area contributed by atoms with Crippen LogP contribution < -0.4 is 4.72 Å². The molecule has 0 fully saturated rings. The predicted octanol–water partition coefficient (Wildman–Crippen LogP) is 1.60. The molecular formula is C11H13NO4S. The normalized spacial score (nSPS) is 12.2. The van der Waals surface area contributed by atoms with Crippen LogP contribution in [0.1, 0.15) is 6.93 Å². The van der Waals surface area contributed by atoms with Crippen molar-refractivity contribution in [3.05, 3.63) is 42.5 Å². The van der Waals surface area contributed by atoms with E-state index in [9.17, 15) is 13.2 Å². The van der Waals surface area contributed by atoms with Crippen molar-refractivity contribution >= 4 is 16.1 Å². The molecule has 1 rings (SSSR count). The number of carbonyl (C=O) groups is 1. The molecule has 1 aromatic rings. The minimum absolute atomic E-state index is 0.0129. The highest BCUT2D eigenvalue weighted by atomic mass is 32.2. The Balaban J connectivity index is 2.70. The third-order valence-corrected chi connectivity index (χ3v) is 3.19. The van der Waals surface area contributed by atoms with Crippen LogP contribution in [0.2, 0.25) is 0 Å². The summed E-state index contributed by atoms with van der Waals surface area (Å²) in [7, 11) is -3.91. The van der Waals surface area contributed by atoms with E-state index in [4.69, 9.17) is 1.37 Å². The number of rotatable bonds is 4. The Labute approximate surface area is 102 Å². The van der Waals surface area contributed by atoms with E-state index in [0.29, 0.717) is 0 Å². The van der Waals surface area contributed by atoms with E-state index in [1.165, 1.54) is 18.2 Å². The van der Waals surface area contributed by atoms with Crippen molar-refractivity contribution in [2.24, 2.45) is 0 Å². The average molecular weight is 256 g/mol. The number of ether oxygens (including phenoxy) is 1. The van der Waals surface area contributed by atoms with Gasteiger partial charge in [0, 0.05) is 0 Å². The largest absolute Gasteiger partial charge is 0.445 e. The highest BCUT2D eigenvalue weighted by Gasteiger charge is 2.17. The second-order valence-corrected chi connectivity index (χ2v) is 4.94. The lowest BCUT2D eigenvalue weighted by molar-refractivity contribution is 0.165. The number of carbonyl (C=O) groups excluding carboxylic acids is 1. The maximum Gasteiger partial charge on any atom is 0.421 e. The number of hydrogen-bond donors (Lipinski definition) is 1. The third-order valence-electron chi connectivity index (χ3n) is 1.86. The number of aryl methyl sites for hydroxylation is 1. The first-order valence-corrected chi connectivity index (χ1v) is 6.23. The van der Waals surface area contributed by atoms with Crippen LogP contribution in [0.15, 0.2) is 41.8 Å². The summed E-state index contributed by atoms with van der Waals surface area (Å²) in [4.78, 5) is 11.2. The van der Waals surface area contributed by atoms with Crippen LogP contribution >= 0.6 is 0 Å². The van der Waals surface area contributed by atoms with Gasteiger partial charge in [0.05, 0.1) is 6.27 Å². The van der Waals surface area contributed by atoms with Crippen LogP contribution in [-0.4, -0.2) is 21.1 Å². The van der Waals surface area contributed by atoms with Crippen molar-refractivity contribution in [2.45, 2.75) is 11.8 Å². The van der Waals surface area contributed by atoms with E-state index in [1.54, 1.807) is 16.9 Å². The smallest absolute Gasteiger partial charge is 0.421 e. The fraction of sp³-hybridized carbons (Fsp3) is 0.182. The van der Waals surface area contributed by atoms with Gasteiger partial charge in [0.1, 0.15) is 6.61 Å². The van der Waals surface area contributed by atoms with Crippen molar-refractivity contribution in [2.75, 3.05) is 6.61 Å². The van der Waals surface area contributed by atoms with Gasteiger partial charge < -0.3 is 4.74 Å². The van der Waals surface area contributed by atoms with Gasteiger partial charge >= 0.3 is 6.09 Å². The van der Waals surface area contributed by atoms with Gasteiger partial charge in [0.15, 0.2) is 0 Å². The van der Waals surface area contributed by atoms with Gasteiger partial charge in [-0.1, -0.05) is 30.3 Å². The second kappa shape index (κ2) is 5.49. The Kier molecular flexibility index (Phi) is 3.77. The summed E-state index contributed by atoms with van der Waals surface area (Å²) in [6.45, 7) is 2.62.